The van der Waals surface area contributed by atoms with E-state index in [1.165, 1.54) is 26.0 Å². The molecule has 0 aromatic carbocycles. The lowest BCUT2D eigenvalue weighted by atomic mass is 9.82. The molecule has 2 aliphatic rings. The zero-order valence-electron chi connectivity index (χ0n) is 16.4. The summed E-state index contributed by atoms with van der Waals surface area (Å²) in [6.07, 6.45) is 0.108. The first-order chi connectivity index (χ1) is 13.0. The van der Waals surface area contributed by atoms with Gasteiger partial charge in [0.05, 0.1) is 5.92 Å². The fourth-order valence-corrected chi connectivity index (χ4v) is 3.34. The van der Waals surface area contributed by atoms with Crippen molar-refractivity contribution in [1.29, 1.82) is 0 Å². The Kier molecular flexibility index (Phi) is 6.38. The molecule has 0 radical (unpaired) electrons. The number of ketones is 1. The van der Waals surface area contributed by atoms with E-state index in [2.05, 4.69) is 13.2 Å². The molecule has 0 bridgehead atoms. The van der Waals surface area contributed by atoms with Gasteiger partial charge >= 0.3 is 17.9 Å². The average Bonchev–Trinajstić information content (AvgIpc) is 2.85. The molecule has 0 saturated carbocycles. The van der Waals surface area contributed by atoms with Crippen LogP contribution in [0.5, 0.6) is 0 Å². The normalized spacial score (nSPS) is 31.5. The van der Waals surface area contributed by atoms with Gasteiger partial charge in [-0.15, -0.1) is 0 Å². The van der Waals surface area contributed by atoms with Crippen LogP contribution < -0.4 is 0 Å². The molecule has 0 spiro atoms. The van der Waals surface area contributed by atoms with Gasteiger partial charge in [-0.2, -0.15) is 0 Å². The predicted molar refractivity (Wildman–Crippen MR) is 99.9 cm³/mol. The molecule has 7 heteroatoms. The molecular weight excluding hydrogens is 364 g/mol. The second-order valence-electron chi connectivity index (χ2n) is 7.16. The van der Waals surface area contributed by atoms with Crippen molar-refractivity contribution in [2.75, 3.05) is 0 Å². The number of esters is 3. The summed E-state index contributed by atoms with van der Waals surface area (Å²) in [5.74, 6) is -2.96. The summed E-state index contributed by atoms with van der Waals surface area (Å²) >= 11 is 0. The summed E-state index contributed by atoms with van der Waals surface area (Å²) < 4.78 is 16.4. The standard InChI is InChI=1S/C21H24O7/c1-10(2)20(24)27-16-8-11(3)7-15(23)9-12(4)18(26-14(6)22)19-17(16)13(5)21(25)28-19/h7,9,16-19H,1,5,8H2,2-4,6H3/b11-7+,12-9-/t16-,17+,18-,19-/m0/s1. The molecule has 0 amide bonds. The number of carbonyl (C=O) groups is 4. The number of allylic oxidation sites excluding steroid dienone is 2. The SMILES string of the molecule is C=C(C)C(=O)O[C@H]1C/C(C)=C/C(=O)/C=C(/C)[C@H](OC(C)=O)[C@H]2OC(=O)C(=C)[C@@H]21. The van der Waals surface area contributed by atoms with Gasteiger partial charge in [-0.25, -0.2) is 9.59 Å². The zero-order valence-corrected chi connectivity index (χ0v) is 16.4. The molecule has 1 saturated heterocycles. The number of ether oxygens (including phenoxy) is 3. The van der Waals surface area contributed by atoms with Crippen LogP contribution in [0.25, 0.3) is 0 Å². The van der Waals surface area contributed by atoms with Crippen LogP contribution in [0.1, 0.15) is 34.1 Å². The highest BCUT2D eigenvalue weighted by atomic mass is 16.6. The number of hydrogen-bond acceptors (Lipinski definition) is 7. The lowest BCUT2D eigenvalue weighted by Crippen LogP contribution is -2.43. The van der Waals surface area contributed by atoms with Gasteiger partial charge in [-0.3, -0.25) is 9.59 Å². The van der Waals surface area contributed by atoms with E-state index in [0.29, 0.717) is 11.1 Å². The first kappa shape index (κ1) is 21.3. The molecule has 0 aromatic rings. The lowest BCUT2D eigenvalue weighted by molar-refractivity contribution is -0.162. The summed E-state index contributed by atoms with van der Waals surface area (Å²) in [5.41, 5.74) is 1.38. The number of rotatable bonds is 3. The van der Waals surface area contributed by atoms with Crippen LogP contribution in [-0.2, 0) is 33.4 Å². The fourth-order valence-electron chi connectivity index (χ4n) is 3.34. The van der Waals surface area contributed by atoms with Crippen LogP contribution in [0.4, 0.5) is 0 Å². The monoisotopic (exact) mass is 388 g/mol. The molecule has 1 aliphatic heterocycles. The highest BCUT2D eigenvalue weighted by Crippen LogP contribution is 2.38. The van der Waals surface area contributed by atoms with E-state index in [0.717, 1.165) is 0 Å². The molecule has 28 heavy (non-hydrogen) atoms. The van der Waals surface area contributed by atoms with Crippen molar-refractivity contribution in [2.24, 2.45) is 5.92 Å². The van der Waals surface area contributed by atoms with E-state index in [1.54, 1.807) is 13.8 Å². The Morgan fingerprint density at radius 1 is 1.14 bits per heavy atom. The number of fused-ring (bicyclic) bond motifs is 1. The van der Waals surface area contributed by atoms with Crippen molar-refractivity contribution in [1.82, 2.24) is 0 Å². The van der Waals surface area contributed by atoms with Crippen LogP contribution in [0.2, 0.25) is 0 Å². The first-order valence-corrected chi connectivity index (χ1v) is 8.84. The Balaban J connectivity index is 2.59. The number of hydrogen-bond donors (Lipinski definition) is 0. The maximum Gasteiger partial charge on any atom is 0.334 e. The van der Waals surface area contributed by atoms with Gasteiger partial charge in [-0.05, 0) is 38.5 Å². The van der Waals surface area contributed by atoms with Gasteiger partial charge in [0.15, 0.2) is 18.0 Å². The first-order valence-electron chi connectivity index (χ1n) is 8.84. The van der Waals surface area contributed by atoms with E-state index >= 15 is 0 Å². The van der Waals surface area contributed by atoms with Crippen LogP contribution in [-0.4, -0.2) is 42.0 Å². The van der Waals surface area contributed by atoms with Gasteiger partial charge in [0.25, 0.3) is 0 Å². The van der Waals surface area contributed by atoms with Gasteiger partial charge in [0.1, 0.15) is 6.10 Å². The minimum Gasteiger partial charge on any atom is -0.458 e. The Morgan fingerprint density at radius 3 is 2.36 bits per heavy atom. The minimum atomic E-state index is -1.01. The Hall–Kier alpha value is -2.96. The number of carbonyl (C=O) groups excluding carboxylic acids is 4. The van der Waals surface area contributed by atoms with E-state index in [4.69, 9.17) is 14.2 Å². The Morgan fingerprint density at radius 2 is 1.79 bits per heavy atom. The molecule has 0 unspecified atom stereocenters. The van der Waals surface area contributed by atoms with Crippen molar-refractivity contribution >= 4 is 23.7 Å². The van der Waals surface area contributed by atoms with Crippen molar-refractivity contribution in [2.45, 2.75) is 52.4 Å². The highest BCUT2D eigenvalue weighted by molar-refractivity contribution is 6.00. The highest BCUT2D eigenvalue weighted by Gasteiger charge is 2.50. The minimum absolute atomic E-state index is 0.120. The van der Waals surface area contributed by atoms with Crippen molar-refractivity contribution in [3.63, 3.8) is 0 Å². The molecule has 1 heterocycles. The summed E-state index contributed by atoms with van der Waals surface area (Å²) in [7, 11) is 0. The van der Waals surface area contributed by atoms with Gasteiger partial charge in [0.2, 0.25) is 0 Å². The van der Waals surface area contributed by atoms with Crippen LogP contribution in [0, 0.1) is 5.92 Å². The van der Waals surface area contributed by atoms with E-state index in [9.17, 15) is 19.2 Å². The van der Waals surface area contributed by atoms with Crippen LogP contribution in [0.3, 0.4) is 0 Å². The molecule has 150 valence electrons. The zero-order chi connectivity index (χ0) is 21.2. The third kappa shape index (κ3) is 4.65. The van der Waals surface area contributed by atoms with E-state index < -0.39 is 42.1 Å². The summed E-state index contributed by atoms with van der Waals surface area (Å²) in [6.45, 7) is 13.4. The fraction of sp³-hybridized carbons (Fsp3) is 0.429. The van der Waals surface area contributed by atoms with Gasteiger partial charge < -0.3 is 14.2 Å². The van der Waals surface area contributed by atoms with E-state index in [-0.39, 0.29) is 23.4 Å². The molecular formula is C21H24O7. The second kappa shape index (κ2) is 8.37. The Bertz CT molecular complexity index is 815. The molecule has 2 rings (SSSR count). The van der Waals surface area contributed by atoms with Crippen molar-refractivity contribution in [3.05, 3.63) is 47.6 Å². The topological polar surface area (TPSA) is 96.0 Å². The predicted octanol–water partition coefficient (Wildman–Crippen LogP) is 2.37. The quantitative estimate of drug-likeness (QED) is 0.416. The largest absolute Gasteiger partial charge is 0.458 e. The van der Waals surface area contributed by atoms with Crippen molar-refractivity contribution < 1.29 is 33.4 Å². The smallest absolute Gasteiger partial charge is 0.334 e. The third-order valence-electron chi connectivity index (χ3n) is 4.59. The van der Waals surface area contributed by atoms with Crippen LogP contribution in [0.15, 0.2) is 47.6 Å². The lowest BCUT2D eigenvalue weighted by Gasteiger charge is -2.32. The van der Waals surface area contributed by atoms with E-state index in [1.807, 2.05) is 0 Å². The molecule has 1 fully saturated rings. The van der Waals surface area contributed by atoms with Gasteiger partial charge in [-0.1, -0.05) is 18.7 Å². The third-order valence-corrected chi connectivity index (χ3v) is 4.59. The molecule has 0 N–H and O–H groups in total. The summed E-state index contributed by atoms with van der Waals surface area (Å²) in [4.78, 5) is 48.3. The maximum absolute atomic E-state index is 12.3. The Labute approximate surface area is 163 Å². The molecule has 7 nitrogen and oxygen atoms in total. The maximum atomic E-state index is 12.3. The molecule has 1 aliphatic carbocycles. The molecule has 4 atom stereocenters. The van der Waals surface area contributed by atoms with Crippen molar-refractivity contribution in [3.8, 4) is 0 Å². The average molecular weight is 388 g/mol. The molecule has 0 aromatic heterocycles. The summed E-state index contributed by atoms with van der Waals surface area (Å²) in [5, 5.41) is 0. The van der Waals surface area contributed by atoms with Crippen LogP contribution >= 0.6 is 0 Å². The van der Waals surface area contributed by atoms with Gasteiger partial charge in [0, 0.05) is 24.5 Å². The second-order valence-corrected chi connectivity index (χ2v) is 7.16. The summed E-state index contributed by atoms with van der Waals surface area (Å²) in [6, 6.07) is 0.